The van der Waals surface area contributed by atoms with Crippen LogP contribution in [0.25, 0.3) is 5.69 Å². The quantitative estimate of drug-likeness (QED) is 0.626. The van der Waals surface area contributed by atoms with Crippen LogP contribution in [0.5, 0.6) is 0 Å². The summed E-state index contributed by atoms with van der Waals surface area (Å²) >= 11 is 0. The van der Waals surface area contributed by atoms with Gasteiger partial charge in [0.15, 0.2) is 0 Å². The molecule has 0 radical (unpaired) electrons. The number of hydrogen-bond donors (Lipinski definition) is 0. The minimum atomic E-state index is -0.558. The van der Waals surface area contributed by atoms with Crippen molar-refractivity contribution in [3.05, 3.63) is 62.9 Å². The SMILES string of the molecule is CC#CCn1ccn(-c2cccc(CC)c2)c(=O)c1=O. The highest BCUT2D eigenvalue weighted by atomic mass is 16.2. The van der Waals surface area contributed by atoms with E-state index in [4.69, 9.17) is 0 Å². The molecule has 4 nitrogen and oxygen atoms in total. The maximum Gasteiger partial charge on any atom is 0.321 e. The van der Waals surface area contributed by atoms with E-state index in [1.807, 2.05) is 31.2 Å². The van der Waals surface area contributed by atoms with E-state index in [1.54, 1.807) is 19.3 Å². The molecule has 0 spiro atoms. The summed E-state index contributed by atoms with van der Waals surface area (Å²) in [5.41, 5.74) is 0.714. The van der Waals surface area contributed by atoms with Crippen LogP contribution in [0.15, 0.2) is 46.2 Å². The van der Waals surface area contributed by atoms with Gasteiger partial charge in [0.05, 0.1) is 6.54 Å². The average molecular weight is 268 g/mol. The fourth-order valence-electron chi connectivity index (χ4n) is 1.93. The van der Waals surface area contributed by atoms with Crippen LogP contribution in [0.4, 0.5) is 0 Å². The van der Waals surface area contributed by atoms with Gasteiger partial charge in [0.25, 0.3) is 0 Å². The van der Waals surface area contributed by atoms with Crippen LogP contribution in [0, 0.1) is 11.8 Å². The molecular formula is C16H16N2O2. The molecule has 0 fully saturated rings. The minimum Gasteiger partial charge on any atom is -0.298 e. The molecule has 1 aromatic heterocycles. The number of aromatic nitrogens is 2. The summed E-state index contributed by atoms with van der Waals surface area (Å²) in [7, 11) is 0. The highest BCUT2D eigenvalue weighted by Gasteiger charge is 2.06. The summed E-state index contributed by atoms with van der Waals surface area (Å²) in [5.74, 6) is 5.48. The normalized spacial score (nSPS) is 9.90. The van der Waals surface area contributed by atoms with Crippen molar-refractivity contribution in [1.29, 1.82) is 0 Å². The first kappa shape index (κ1) is 13.9. The Morgan fingerprint density at radius 1 is 1.15 bits per heavy atom. The summed E-state index contributed by atoms with van der Waals surface area (Å²) in [6, 6.07) is 7.61. The third-order valence-corrected chi connectivity index (χ3v) is 3.08. The maximum atomic E-state index is 12.1. The second-order valence-corrected chi connectivity index (χ2v) is 4.36. The summed E-state index contributed by atoms with van der Waals surface area (Å²) in [6.45, 7) is 3.98. The molecule has 0 amide bonds. The van der Waals surface area contributed by atoms with Crippen molar-refractivity contribution in [2.75, 3.05) is 0 Å². The summed E-state index contributed by atoms with van der Waals surface area (Å²) in [4.78, 5) is 24.1. The van der Waals surface area contributed by atoms with Crippen molar-refractivity contribution in [3.8, 4) is 17.5 Å². The molecule has 2 aromatic rings. The van der Waals surface area contributed by atoms with Crippen LogP contribution in [0.2, 0.25) is 0 Å². The second-order valence-electron chi connectivity index (χ2n) is 4.36. The Morgan fingerprint density at radius 2 is 1.95 bits per heavy atom. The van der Waals surface area contributed by atoms with E-state index in [0.717, 1.165) is 12.0 Å². The topological polar surface area (TPSA) is 44.0 Å². The minimum absolute atomic E-state index is 0.237. The van der Waals surface area contributed by atoms with E-state index >= 15 is 0 Å². The number of benzene rings is 1. The van der Waals surface area contributed by atoms with Gasteiger partial charge in [-0.1, -0.05) is 25.0 Å². The molecule has 2 rings (SSSR count). The van der Waals surface area contributed by atoms with Gasteiger partial charge in [-0.05, 0) is 31.0 Å². The zero-order valence-corrected chi connectivity index (χ0v) is 11.6. The lowest BCUT2D eigenvalue weighted by Crippen LogP contribution is -2.39. The third-order valence-electron chi connectivity index (χ3n) is 3.08. The Morgan fingerprint density at radius 3 is 2.65 bits per heavy atom. The summed E-state index contributed by atoms with van der Waals surface area (Å²) < 4.78 is 2.69. The Balaban J connectivity index is 2.53. The van der Waals surface area contributed by atoms with E-state index in [9.17, 15) is 9.59 Å². The molecule has 1 heterocycles. The van der Waals surface area contributed by atoms with Gasteiger partial charge in [-0.15, -0.1) is 5.92 Å². The highest BCUT2D eigenvalue weighted by molar-refractivity contribution is 5.35. The van der Waals surface area contributed by atoms with Crippen LogP contribution in [-0.4, -0.2) is 9.13 Å². The van der Waals surface area contributed by atoms with Crippen molar-refractivity contribution in [2.24, 2.45) is 0 Å². The van der Waals surface area contributed by atoms with E-state index in [-0.39, 0.29) is 6.54 Å². The Hall–Kier alpha value is -2.54. The van der Waals surface area contributed by atoms with Crippen LogP contribution >= 0.6 is 0 Å². The molecule has 0 aliphatic carbocycles. The molecule has 0 saturated carbocycles. The fourth-order valence-corrected chi connectivity index (χ4v) is 1.93. The summed E-state index contributed by atoms with van der Waals surface area (Å²) in [5, 5.41) is 0. The molecular weight excluding hydrogens is 252 g/mol. The Bertz CT molecular complexity index is 788. The molecule has 0 unspecified atom stereocenters. The van der Waals surface area contributed by atoms with Gasteiger partial charge in [0, 0.05) is 18.1 Å². The zero-order chi connectivity index (χ0) is 14.5. The van der Waals surface area contributed by atoms with Gasteiger partial charge in [-0.2, -0.15) is 0 Å². The van der Waals surface area contributed by atoms with Crippen LogP contribution in [0.3, 0.4) is 0 Å². The molecule has 0 saturated heterocycles. The monoisotopic (exact) mass is 268 g/mol. The van der Waals surface area contributed by atoms with Crippen LogP contribution < -0.4 is 11.1 Å². The van der Waals surface area contributed by atoms with E-state index in [1.165, 1.54) is 9.13 Å². The van der Waals surface area contributed by atoms with Gasteiger partial charge in [0.1, 0.15) is 0 Å². The van der Waals surface area contributed by atoms with Crippen molar-refractivity contribution in [3.63, 3.8) is 0 Å². The predicted molar refractivity (Wildman–Crippen MR) is 79.1 cm³/mol. The number of hydrogen-bond acceptors (Lipinski definition) is 2. The van der Waals surface area contributed by atoms with Crippen LogP contribution in [-0.2, 0) is 13.0 Å². The highest BCUT2D eigenvalue weighted by Crippen LogP contribution is 2.08. The zero-order valence-electron chi connectivity index (χ0n) is 11.6. The van der Waals surface area contributed by atoms with Gasteiger partial charge >= 0.3 is 11.1 Å². The van der Waals surface area contributed by atoms with Crippen LogP contribution in [0.1, 0.15) is 19.4 Å². The smallest absolute Gasteiger partial charge is 0.298 e. The molecule has 0 bridgehead atoms. The Kier molecular flexibility index (Phi) is 4.21. The molecule has 0 aliphatic rings. The number of rotatable bonds is 3. The van der Waals surface area contributed by atoms with E-state index in [0.29, 0.717) is 5.69 Å². The van der Waals surface area contributed by atoms with Crippen molar-refractivity contribution in [2.45, 2.75) is 26.8 Å². The average Bonchev–Trinajstić information content (AvgIpc) is 2.49. The Labute approximate surface area is 117 Å². The fraction of sp³-hybridized carbons (Fsp3) is 0.250. The molecule has 0 N–H and O–H groups in total. The first-order valence-electron chi connectivity index (χ1n) is 6.48. The van der Waals surface area contributed by atoms with Gasteiger partial charge in [0.2, 0.25) is 0 Å². The lowest BCUT2D eigenvalue weighted by molar-refractivity contribution is 0.744. The maximum absolute atomic E-state index is 12.1. The second kappa shape index (κ2) is 6.07. The van der Waals surface area contributed by atoms with Gasteiger partial charge < -0.3 is 0 Å². The first-order valence-corrected chi connectivity index (χ1v) is 6.48. The van der Waals surface area contributed by atoms with E-state index < -0.39 is 11.1 Å². The lowest BCUT2D eigenvalue weighted by Gasteiger charge is -2.08. The van der Waals surface area contributed by atoms with E-state index in [2.05, 4.69) is 11.8 Å². The first-order chi connectivity index (χ1) is 9.67. The third kappa shape index (κ3) is 2.72. The molecule has 0 aliphatic heterocycles. The van der Waals surface area contributed by atoms with Gasteiger partial charge in [-0.25, -0.2) is 0 Å². The molecule has 4 heteroatoms. The summed E-state index contributed by atoms with van der Waals surface area (Å²) in [6.07, 6.45) is 4.08. The molecule has 0 atom stereocenters. The van der Waals surface area contributed by atoms with Crippen molar-refractivity contribution >= 4 is 0 Å². The molecule has 102 valence electrons. The van der Waals surface area contributed by atoms with Crippen molar-refractivity contribution in [1.82, 2.24) is 9.13 Å². The predicted octanol–water partition coefficient (Wildman–Crippen LogP) is 1.58. The largest absolute Gasteiger partial charge is 0.321 e. The molecule has 20 heavy (non-hydrogen) atoms. The van der Waals surface area contributed by atoms with Crippen molar-refractivity contribution < 1.29 is 0 Å². The number of aryl methyl sites for hydroxylation is 1. The van der Waals surface area contributed by atoms with Gasteiger partial charge in [-0.3, -0.25) is 18.7 Å². The molecule has 1 aromatic carbocycles. The number of nitrogens with zero attached hydrogens (tertiary/aromatic N) is 2. The standard InChI is InChI=1S/C16H16N2O2/c1-3-5-9-17-10-11-18(16(20)15(17)19)14-8-6-7-13(4-2)12-14/h6-8,10-12H,4,9H2,1-2H3. The lowest BCUT2D eigenvalue weighted by atomic mass is 10.1.